The van der Waals surface area contributed by atoms with E-state index in [2.05, 4.69) is 9.47 Å². The van der Waals surface area contributed by atoms with Crippen molar-refractivity contribution in [2.24, 2.45) is 5.73 Å². The quantitative estimate of drug-likeness (QED) is 0.592. The van der Waals surface area contributed by atoms with Crippen LogP contribution >= 0.6 is 0 Å². The van der Waals surface area contributed by atoms with Crippen LogP contribution in [0.5, 0.6) is 0 Å². The summed E-state index contributed by atoms with van der Waals surface area (Å²) in [5.74, 6) is -2.05. The fraction of sp³-hybridized carbons (Fsp3) is 0.143. The molecule has 0 heterocycles. The molecule has 0 saturated heterocycles. The number of rotatable bonds is 5. The van der Waals surface area contributed by atoms with Crippen molar-refractivity contribution in [1.82, 2.24) is 5.32 Å². The minimum Gasteiger partial charge on any atom is -0.465 e. The lowest BCUT2D eigenvalue weighted by molar-refractivity contribution is -0.143. The van der Waals surface area contributed by atoms with Crippen LogP contribution in [-0.4, -0.2) is 37.6 Å². The van der Waals surface area contributed by atoms with Crippen LogP contribution in [0.15, 0.2) is 30.3 Å². The molecule has 8 nitrogen and oxygen atoms in total. The molecule has 0 aliphatic carbocycles. The van der Waals surface area contributed by atoms with Gasteiger partial charge in [0.25, 0.3) is 5.91 Å². The summed E-state index contributed by atoms with van der Waals surface area (Å²) < 4.78 is 9.14. The van der Waals surface area contributed by atoms with E-state index in [4.69, 9.17) is 5.73 Å². The zero-order chi connectivity index (χ0) is 16.5. The van der Waals surface area contributed by atoms with Crippen molar-refractivity contribution in [2.45, 2.75) is 0 Å². The summed E-state index contributed by atoms with van der Waals surface area (Å²) in [5.41, 5.74) is 5.74. The van der Waals surface area contributed by atoms with Gasteiger partial charge in [0.15, 0.2) is 6.61 Å². The zero-order valence-corrected chi connectivity index (χ0v) is 11.7. The lowest BCUT2D eigenvalue weighted by Gasteiger charge is -2.01. The maximum atomic E-state index is 11.3. The first-order chi connectivity index (χ1) is 10.4. The van der Waals surface area contributed by atoms with Crippen LogP contribution in [0.3, 0.4) is 0 Å². The number of hydrogen-bond acceptors (Lipinski definition) is 6. The normalized spacial score (nSPS) is 10.0. The van der Waals surface area contributed by atoms with Gasteiger partial charge >= 0.3 is 18.0 Å². The summed E-state index contributed by atoms with van der Waals surface area (Å²) in [4.78, 5) is 44.0. The van der Waals surface area contributed by atoms with E-state index in [-0.39, 0.29) is 0 Å². The highest BCUT2D eigenvalue weighted by Crippen LogP contribution is 2.07. The zero-order valence-electron chi connectivity index (χ0n) is 11.7. The van der Waals surface area contributed by atoms with Gasteiger partial charge in [-0.25, -0.2) is 14.4 Å². The summed E-state index contributed by atoms with van der Waals surface area (Å²) in [7, 11) is 1.28. The second-order valence-electron chi connectivity index (χ2n) is 3.97. The Labute approximate surface area is 125 Å². The highest BCUT2D eigenvalue weighted by atomic mass is 16.5. The maximum Gasteiger partial charge on any atom is 0.337 e. The number of benzene rings is 1. The molecule has 0 unspecified atom stereocenters. The number of methoxy groups -OCH3 is 1. The Morgan fingerprint density at radius 3 is 2.36 bits per heavy atom. The first-order valence-corrected chi connectivity index (χ1v) is 6.05. The molecule has 1 aromatic rings. The van der Waals surface area contributed by atoms with Gasteiger partial charge in [0.1, 0.15) is 0 Å². The van der Waals surface area contributed by atoms with Crippen LogP contribution in [0.25, 0.3) is 6.08 Å². The van der Waals surface area contributed by atoms with Gasteiger partial charge in [-0.2, -0.15) is 0 Å². The number of esters is 2. The summed E-state index contributed by atoms with van der Waals surface area (Å²) in [5, 5.41) is 1.75. The van der Waals surface area contributed by atoms with Crippen molar-refractivity contribution in [3.05, 3.63) is 41.5 Å². The lowest BCUT2D eigenvalue weighted by atomic mass is 10.1. The minimum atomic E-state index is -1.03. The minimum absolute atomic E-state index is 0.380. The van der Waals surface area contributed by atoms with Crippen molar-refractivity contribution >= 4 is 30.0 Å². The Kier molecular flexibility index (Phi) is 6.30. The second-order valence-corrected chi connectivity index (χ2v) is 3.97. The highest BCUT2D eigenvalue weighted by Gasteiger charge is 2.07. The molecule has 0 aromatic heterocycles. The van der Waals surface area contributed by atoms with Crippen molar-refractivity contribution in [1.29, 1.82) is 0 Å². The predicted octanol–water partition coefficient (Wildman–Crippen LogP) is 0.224. The van der Waals surface area contributed by atoms with Gasteiger partial charge < -0.3 is 15.2 Å². The van der Waals surface area contributed by atoms with Gasteiger partial charge in [-0.3, -0.25) is 10.1 Å². The average molecular weight is 306 g/mol. The molecule has 22 heavy (non-hydrogen) atoms. The first-order valence-electron chi connectivity index (χ1n) is 6.05. The first kappa shape index (κ1) is 16.9. The number of carbonyl (C=O) groups is 4. The third kappa shape index (κ3) is 5.87. The standard InChI is InChI=1S/C14H14N2O6/c1-21-13(19)10-5-2-9(3-6-10)4-7-12(18)22-8-11(17)16-14(15)20/h2-7H,8H2,1H3,(H3,15,16,17,20). The van der Waals surface area contributed by atoms with Crippen LogP contribution in [0.1, 0.15) is 15.9 Å². The molecule has 0 radical (unpaired) electrons. The van der Waals surface area contributed by atoms with E-state index in [1.807, 2.05) is 0 Å². The molecule has 3 amide bonds. The van der Waals surface area contributed by atoms with E-state index in [1.165, 1.54) is 25.3 Å². The number of nitrogens with one attached hydrogen (secondary N) is 1. The molecule has 0 atom stereocenters. The van der Waals surface area contributed by atoms with Gasteiger partial charge in [0.2, 0.25) is 0 Å². The predicted molar refractivity (Wildman–Crippen MR) is 75.5 cm³/mol. The Balaban J connectivity index is 2.50. The topological polar surface area (TPSA) is 125 Å². The van der Waals surface area contributed by atoms with Gasteiger partial charge in [-0.05, 0) is 23.8 Å². The number of imide groups is 1. The molecule has 116 valence electrons. The van der Waals surface area contributed by atoms with Crippen molar-refractivity contribution in [3.8, 4) is 0 Å². The molecule has 0 bridgehead atoms. The Morgan fingerprint density at radius 2 is 1.82 bits per heavy atom. The molecule has 8 heteroatoms. The molecule has 3 N–H and O–H groups in total. The van der Waals surface area contributed by atoms with Crippen LogP contribution in [0.4, 0.5) is 4.79 Å². The Hall–Kier alpha value is -3.16. The van der Waals surface area contributed by atoms with Crippen LogP contribution < -0.4 is 11.1 Å². The Morgan fingerprint density at radius 1 is 1.18 bits per heavy atom. The largest absolute Gasteiger partial charge is 0.465 e. The fourth-order valence-corrected chi connectivity index (χ4v) is 1.37. The molecule has 0 fully saturated rings. The molecule has 0 saturated carbocycles. The van der Waals surface area contributed by atoms with E-state index in [1.54, 1.807) is 17.4 Å². The summed E-state index contributed by atoms with van der Waals surface area (Å²) in [6, 6.07) is 5.27. The van der Waals surface area contributed by atoms with E-state index in [0.717, 1.165) is 6.08 Å². The maximum absolute atomic E-state index is 11.3. The highest BCUT2D eigenvalue weighted by molar-refractivity contribution is 5.96. The fourth-order valence-electron chi connectivity index (χ4n) is 1.37. The van der Waals surface area contributed by atoms with Crippen molar-refractivity contribution in [2.75, 3.05) is 13.7 Å². The van der Waals surface area contributed by atoms with Crippen LogP contribution in [-0.2, 0) is 19.1 Å². The number of amides is 3. The van der Waals surface area contributed by atoms with E-state index in [0.29, 0.717) is 11.1 Å². The Bertz CT molecular complexity index is 606. The van der Waals surface area contributed by atoms with Crippen LogP contribution in [0, 0.1) is 0 Å². The van der Waals surface area contributed by atoms with Gasteiger partial charge in [0.05, 0.1) is 12.7 Å². The van der Waals surface area contributed by atoms with Gasteiger partial charge in [-0.15, -0.1) is 0 Å². The molecule has 0 aliphatic heterocycles. The molecule has 0 aliphatic rings. The van der Waals surface area contributed by atoms with Gasteiger partial charge in [-0.1, -0.05) is 12.1 Å². The third-order valence-electron chi connectivity index (χ3n) is 2.35. The molecule has 1 rings (SSSR count). The number of urea groups is 1. The molecular formula is C14H14N2O6. The molecule has 1 aromatic carbocycles. The molecule has 0 spiro atoms. The van der Waals surface area contributed by atoms with Crippen molar-refractivity contribution in [3.63, 3.8) is 0 Å². The van der Waals surface area contributed by atoms with E-state index < -0.39 is 30.5 Å². The summed E-state index contributed by atoms with van der Waals surface area (Å²) in [6.07, 6.45) is 2.54. The monoisotopic (exact) mass is 306 g/mol. The number of nitrogens with two attached hydrogens (primary N) is 1. The smallest absolute Gasteiger partial charge is 0.337 e. The lowest BCUT2D eigenvalue weighted by Crippen LogP contribution is -2.37. The van der Waals surface area contributed by atoms with E-state index in [9.17, 15) is 19.2 Å². The number of carbonyl (C=O) groups excluding carboxylic acids is 4. The summed E-state index contributed by atoms with van der Waals surface area (Å²) >= 11 is 0. The van der Waals surface area contributed by atoms with Gasteiger partial charge in [0, 0.05) is 6.08 Å². The summed E-state index contributed by atoms with van der Waals surface area (Å²) in [6.45, 7) is -0.618. The molecular weight excluding hydrogens is 292 g/mol. The second kappa shape index (κ2) is 8.20. The number of primary amides is 1. The number of hydrogen-bond donors (Lipinski definition) is 2. The van der Waals surface area contributed by atoms with Crippen LogP contribution in [0.2, 0.25) is 0 Å². The van der Waals surface area contributed by atoms with Crippen molar-refractivity contribution < 1.29 is 28.7 Å². The van der Waals surface area contributed by atoms with E-state index >= 15 is 0 Å². The third-order valence-corrected chi connectivity index (χ3v) is 2.35. The SMILES string of the molecule is COC(=O)c1ccc(C=CC(=O)OCC(=O)NC(N)=O)cc1. The number of ether oxygens (including phenoxy) is 2. The average Bonchev–Trinajstić information content (AvgIpc) is 2.50.